The summed E-state index contributed by atoms with van der Waals surface area (Å²) in [7, 11) is -2.30. The van der Waals surface area contributed by atoms with Crippen molar-refractivity contribution in [2.45, 2.75) is 11.4 Å². The molecule has 0 atom stereocenters. The fourth-order valence-electron chi connectivity index (χ4n) is 3.56. The molecule has 0 saturated carbocycles. The molecule has 0 spiro atoms. The summed E-state index contributed by atoms with van der Waals surface area (Å²) in [6.45, 7) is 2.21. The Labute approximate surface area is 190 Å². The van der Waals surface area contributed by atoms with Crippen LogP contribution in [0.25, 0.3) is 11.3 Å². The lowest BCUT2D eigenvalue weighted by Crippen LogP contribution is -2.48. The summed E-state index contributed by atoms with van der Waals surface area (Å²) in [5, 5.41) is 14.2. The third kappa shape index (κ3) is 4.65. The maximum atomic E-state index is 13.0. The van der Waals surface area contributed by atoms with Crippen LogP contribution in [0.15, 0.2) is 58.8 Å². The van der Waals surface area contributed by atoms with Crippen LogP contribution in [0.4, 0.5) is 5.69 Å². The summed E-state index contributed by atoms with van der Waals surface area (Å²) in [5.41, 5.74) is 1.50. The molecular weight excluding hydrogens is 452 g/mol. The van der Waals surface area contributed by atoms with Gasteiger partial charge in [-0.05, 0) is 30.3 Å². The Bertz CT molecular complexity index is 1200. The minimum atomic E-state index is -3.93. The Kier molecular flexibility index (Phi) is 6.51. The van der Waals surface area contributed by atoms with E-state index in [2.05, 4.69) is 4.90 Å². The first-order chi connectivity index (χ1) is 15.4. The number of hydrogen-bond acceptors (Lipinski definition) is 8. The number of para-hydroxylation sites is 1. The van der Waals surface area contributed by atoms with Crippen molar-refractivity contribution in [3.05, 3.63) is 69.0 Å². The Hall–Kier alpha value is -2.86. The zero-order valence-corrected chi connectivity index (χ0v) is 19.0. The van der Waals surface area contributed by atoms with Crippen LogP contribution in [0.2, 0.25) is 0 Å². The van der Waals surface area contributed by atoms with E-state index in [4.69, 9.17) is 9.72 Å². The van der Waals surface area contributed by atoms with E-state index >= 15 is 0 Å². The van der Waals surface area contributed by atoms with E-state index in [1.165, 1.54) is 28.6 Å². The highest BCUT2D eigenvalue weighted by Crippen LogP contribution is 2.28. The molecule has 0 amide bonds. The zero-order chi connectivity index (χ0) is 22.7. The second-order valence-corrected chi connectivity index (χ2v) is 10.1. The molecule has 0 bridgehead atoms. The van der Waals surface area contributed by atoms with E-state index in [1.807, 2.05) is 29.6 Å². The monoisotopic (exact) mass is 474 g/mol. The van der Waals surface area contributed by atoms with Crippen molar-refractivity contribution in [3.63, 3.8) is 0 Å². The van der Waals surface area contributed by atoms with Gasteiger partial charge in [-0.15, -0.1) is 11.3 Å². The average Bonchev–Trinajstić information content (AvgIpc) is 3.28. The van der Waals surface area contributed by atoms with Gasteiger partial charge < -0.3 is 4.74 Å². The molecule has 1 aliphatic rings. The number of nitro benzene ring substituents is 1. The van der Waals surface area contributed by atoms with Gasteiger partial charge in [0.1, 0.15) is 10.8 Å². The van der Waals surface area contributed by atoms with Gasteiger partial charge in [0.15, 0.2) is 4.90 Å². The van der Waals surface area contributed by atoms with Gasteiger partial charge in [-0.3, -0.25) is 15.0 Å². The van der Waals surface area contributed by atoms with Gasteiger partial charge in [0.05, 0.1) is 24.3 Å². The largest absolute Gasteiger partial charge is 0.497 e. The second kappa shape index (κ2) is 9.33. The second-order valence-electron chi connectivity index (χ2n) is 7.26. The molecule has 0 radical (unpaired) electrons. The van der Waals surface area contributed by atoms with E-state index in [-0.39, 0.29) is 18.0 Å². The summed E-state index contributed by atoms with van der Waals surface area (Å²) in [6, 6.07) is 13.2. The van der Waals surface area contributed by atoms with Crippen LogP contribution >= 0.6 is 11.3 Å². The summed E-state index contributed by atoms with van der Waals surface area (Å²) in [6.07, 6.45) is 0. The number of piperazine rings is 1. The molecule has 0 N–H and O–H groups in total. The maximum absolute atomic E-state index is 13.0. The van der Waals surface area contributed by atoms with E-state index in [0.29, 0.717) is 19.6 Å². The third-order valence-electron chi connectivity index (χ3n) is 5.31. The van der Waals surface area contributed by atoms with Gasteiger partial charge in [-0.25, -0.2) is 13.4 Å². The molecule has 2 heterocycles. The zero-order valence-electron chi connectivity index (χ0n) is 17.4. The van der Waals surface area contributed by atoms with Crippen LogP contribution in [-0.2, 0) is 16.6 Å². The molecule has 9 nitrogen and oxygen atoms in total. The molecule has 0 aliphatic carbocycles. The fraction of sp³-hybridized carbons (Fsp3) is 0.286. The highest BCUT2D eigenvalue weighted by molar-refractivity contribution is 7.89. The standard InChI is InChI=1S/C21H22N4O5S2/c1-30-17-8-6-16(7-9-17)18-15-31-21(22-18)14-23-10-12-24(13-11-23)32(28,29)20-5-3-2-4-19(20)25(26)27/h2-9,15H,10-14H2,1H3. The van der Waals surface area contributed by atoms with Gasteiger partial charge in [0.25, 0.3) is 5.69 Å². The number of benzene rings is 2. The number of methoxy groups -OCH3 is 1. The molecule has 1 aromatic heterocycles. The summed E-state index contributed by atoms with van der Waals surface area (Å²) < 4.78 is 32.4. The molecule has 3 aromatic rings. The Balaban J connectivity index is 1.39. The third-order valence-corrected chi connectivity index (χ3v) is 8.09. The van der Waals surface area contributed by atoms with E-state index in [9.17, 15) is 18.5 Å². The van der Waals surface area contributed by atoms with E-state index in [1.54, 1.807) is 18.4 Å². The molecule has 1 aliphatic heterocycles. The smallest absolute Gasteiger partial charge is 0.289 e. The minimum absolute atomic E-state index is 0.262. The van der Waals surface area contributed by atoms with Crippen LogP contribution in [0, 0.1) is 10.1 Å². The van der Waals surface area contributed by atoms with Crippen LogP contribution in [0.3, 0.4) is 0 Å². The molecule has 32 heavy (non-hydrogen) atoms. The number of aromatic nitrogens is 1. The first-order valence-electron chi connectivity index (χ1n) is 9.93. The number of nitro groups is 1. The number of hydrogen-bond donors (Lipinski definition) is 0. The minimum Gasteiger partial charge on any atom is -0.497 e. The lowest BCUT2D eigenvalue weighted by Gasteiger charge is -2.33. The van der Waals surface area contributed by atoms with Gasteiger partial charge in [-0.1, -0.05) is 12.1 Å². The van der Waals surface area contributed by atoms with Crippen LogP contribution in [0.1, 0.15) is 5.01 Å². The number of sulfonamides is 1. The summed E-state index contributed by atoms with van der Waals surface area (Å²) >= 11 is 1.57. The van der Waals surface area contributed by atoms with Crippen molar-refractivity contribution >= 4 is 27.0 Å². The Morgan fingerprint density at radius 3 is 2.44 bits per heavy atom. The van der Waals surface area contributed by atoms with Gasteiger partial charge in [0.2, 0.25) is 10.0 Å². The van der Waals surface area contributed by atoms with Crippen molar-refractivity contribution in [2.24, 2.45) is 0 Å². The SMILES string of the molecule is COc1ccc(-c2csc(CN3CCN(S(=O)(=O)c4ccccc4[N+](=O)[O-])CC3)n2)cc1. The molecule has 11 heteroatoms. The maximum Gasteiger partial charge on any atom is 0.289 e. The predicted octanol–water partition coefficient (Wildman–Crippen LogP) is 3.23. The van der Waals surface area contributed by atoms with E-state index < -0.39 is 20.6 Å². The number of ether oxygens (including phenoxy) is 1. The molecule has 1 saturated heterocycles. The quantitative estimate of drug-likeness (QED) is 0.382. The van der Waals surface area contributed by atoms with Crippen LogP contribution in [-0.4, -0.2) is 60.8 Å². The Morgan fingerprint density at radius 1 is 1.09 bits per heavy atom. The lowest BCUT2D eigenvalue weighted by molar-refractivity contribution is -0.387. The normalized spacial score (nSPS) is 15.5. The first kappa shape index (κ1) is 22.3. The average molecular weight is 475 g/mol. The Morgan fingerprint density at radius 2 is 1.78 bits per heavy atom. The van der Waals surface area contributed by atoms with Gasteiger partial charge in [0, 0.05) is 43.2 Å². The number of nitrogens with zero attached hydrogens (tertiary/aromatic N) is 4. The van der Waals surface area contributed by atoms with Crippen LogP contribution < -0.4 is 4.74 Å². The van der Waals surface area contributed by atoms with Crippen molar-refractivity contribution in [1.82, 2.24) is 14.2 Å². The summed E-state index contributed by atoms with van der Waals surface area (Å²) in [5.74, 6) is 0.790. The topological polar surface area (TPSA) is 106 Å². The number of thiazole rings is 1. The van der Waals surface area contributed by atoms with Crippen LogP contribution in [0.5, 0.6) is 5.75 Å². The molecule has 4 rings (SSSR count). The molecule has 1 fully saturated rings. The first-order valence-corrected chi connectivity index (χ1v) is 12.3. The fourth-order valence-corrected chi connectivity index (χ4v) is 5.99. The molecule has 0 unspecified atom stereocenters. The molecular formula is C21H22N4O5S2. The van der Waals surface area contributed by atoms with Crippen molar-refractivity contribution in [3.8, 4) is 17.0 Å². The molecule has 168 valence electrons. The van der Waals surface area contributed by atoms with Crippen molar-refractivity contribution in [2.75, 3.05) is 33.3 Å². The predicted molar refractivity (Wildman–Crippen MR) is 121 cm³/mol. The lowest BCUT2D eigenvalue weighted by atomic mass is 10.2. The highest BCUT2D eigenvalue weighted by atomic mass is 32.2. The van der Waals surface area contributed by atoms with Crippen molar-refractivity contribution < 1.29 is 18.1 Å². The van der Waals surface area contributed by atoms with Gasteiger partial charge >= 0.3 is 0 Å². The highest BCUT2D eigenvalue weighted by Gasteiger charge is 2.33. The summed E-state index contributed by atoms with van der Waals surface area (Å²) in [4.78, 5) is 17.2. The van der Waals surface area contributed by atoms with E-state index in [0.717, 1.165) is 22.0 Å². The molecule has 2 aromatic carbocycles. The number of rotatable bonds is 7. The van der Waals surface area contributed by atoms with Gasteiger partial charge in [-0.2, -0.15) is 4.31 Å². The van der Waals surface area contributed by atoms with Crippen molar-refractivity contribution in [1.29, 1.82) is 0 Å².